The van der Waals surface area contributed by atoms with Gasteiger partial charge in [-0.1, -0.05) is 0 Å². The quantitative estimate of drug-likeness (QED) is 0.625. The molecule has 1 aliphatic rings. The van der Waals surface area contributed by atoms with E-state index in [-0.39, 0.29) is 29.7 Å². The summed E-state index contributed by atoms with van der Waals surface area (Å²) in [5.74, 6) is 0.243. The molecule has 0 aromatic carbocycles. The van der Waals surface area contributed by atoms with Gasteiger partial charge in [0.25, 0.3) is 0 Å². The minimum absolute atomic E-state index is 0.0216. The maximum absolute atomic E-state index is 11.2. The lowest BCUT2D eigenvalue weighted by molar-refractivity contribution is -0.384. The molecule has 1 aromatic rings. The van der Waals surface area contributed by atoms with Crippen molar-refractivity contribution in [1.29, 1.82) is 5.26 Å². The fourth-order valence-electron chi connectivity index (χ4n) is 2.32. The predicted octanol–water partition coefficient (Wildman–Crippen LogP) is 1.60. The standard InChI is InChI=1S/C13H16N4O3/c14-9-10-5-6-15-13(12(10)17(19)20)16(7-2-8-18)11-3-1-4-11/h5-6,11,18H,1-4,7-8H2. The SMILES string of the molecule is N#Cc1ccnc(N(CCCO)C2CCC2)c1[N+](=O)[O-]. The molecule has 20 heavy (non-hydrogen) atoms. The number of nitriles is 1. The molecular formula is C13H16N4O3. The largest absolute Gasteiger partial charge is 0.396 e. The van der Waals surface area contributed by atoms with Crippen molar-refractivity contribution in [3.05, 3.63) is 27.9 Å². The van der Waals surface area contributed by atoms with E-state index in [4.69, 9.17) is 10.4 Å². The summed E-state index contributed by atoms with van der Waals surface area (Å²) in [6, 6.07) is 3.41. The average molecular weight is 276 g/mol. The van der Waals surface area contributed by atoms with Gasteiger partial charge in [-0.05, 0) is 31.7 Å². The lowest BCUT2D eigenvalue weighted by Gasteiger charge is -2.38. The first kappa shape index (κ1) is 14.2. The van der Waals surface area contributed by atoms with E-state index in [0.29, 0.717) is 13.0 Å². The molecule has 0 saturated heterocycles. The summed E-state index contributed by atoms with van der Waals surface area (Å²) < 4.78 is 0. The van der Waals surface area contributed by atoms with E-state index in [1.54, 1.807) is 0 Å². The first-order valence-electron chi connectivity index (χ1n) is 6.60. The van der Waals surface area contributed by atoms with Gasteiger partial charge in [0.05, 0.1) is 4.92 Å². The van der Waals surface area contributed by atoms with Crippen molar-refractivity contribution >= 4 is 11.5 Å². The van der Waals surface area contributed by atoms with Gasteiger partial charge in [-0.25, -0.2) is 4.98 Å². The predicted molar refractivity (Wildman–Crippen MR) is 72.3 cm³/mol. The maximum Gasteiger partial charge on any atom is 0.329 e. The molecule has 7 heteroatoms. The summed E-state index contributed by atoms with van der Waals surface area (Å²) in [6.45, 7) is 0.527. The zero-order valence-corrected chi connectivity index (χ0v) is 11.0. The summed E-state index contributed by atoms with van der Waals surface area (Å²) in [7, 11) is 0. The van der Waals surface area contributed by atoms with Crippen LogP contribution in [0.2, 0.25) is 0 Å². The van der Waals surface area contributed by atoms with Crippen LogP contribution in [0.3, 0.4) is 0 Å². The van der Waals surface area contributed by atoms with Crippen molar-refractivity contribution in [1.82, 2.24) is 4.98 Å². The minimum Gasteiger partial charge on any atom is -0.396 e. The van der Waals surface area contributed by atoms with Crippen molar-refractivity contribution < 1.29 is 10.0 Å². The first-order chi connectivity index (χ1) is 9.69. The van der Waals surface area contributed by atoms with Gasteiger partial charge in [0.15, 0.2) is 0 Å². The molecule has 1 aromatic heterocycles. The number of aliphatic hydroxyl groups is 1. The van der Waals surface area contributed by atoms with Gasteiger partial charge in [0.2, 0.25) is 5.82 Å². The molecule has 1 saturated carbocycles. The van der Waals surface area contributed by atoms with E-state index in [1.807, 2.05) is 11.0 Å². The van der Waals surface area contributed by atoms with Crippen LogP contribution in [0.15, 0.2) is 12.3 Å². The van der Waals surface area contributed by atoms with Crippen molar-refractivity contribution in [3.63, 3.8) is 0 Å². The van der Waals surface area contributed by atoms with Gasteiger partial charge >= 0.3 is 5.69 Å². The Bertz CT molecular complexity index is 537. The highest BCUT2D eigenvalue weighted by Gasteiger charge is 2.32. The third-order valence-electron chi connectivity index (χ3n) is 3.55. The fraction of sp³-hybridized carbons (Fsp3) is 0.538. The number of pyridine rings is 1. The summed E-state index contributed by atoms with van der Waals surface area (Å²) in [6.07, 6.45) is 4.95. The second-order valence-corrected chi connectivity index (χ2v) is 4.75. The molecule has 1 fully saturated rings. The molecule has 0 aliphatic heterocycles. The molecule has 2 rings (SSSR count). The Hall–Kier alpha value is -2.20. The van der Waals surface area contributed by atoms with Crippen molar-refractivity contribution in [2.24, 2.45) is 0 Å². The number of nitrogens with zero attached hydrogens (tertiary/aromatic N) is 4. The summed E-state index contributed by atoms with van der Waals surface area (Å²) in [5, 5.41) is 29.2. The van der Waals surface area contributed by atoms with Crippen LogP contribution in [0.4, 0.5) is 11.5 Å². The highest BCUT2D eigenvalue weighted by Crippen LogP contribution is 2.35. The van der Waals surface area contributed by atoms with Crippen LogP contribution < -0.4 is 4.90 Å². The van der Waals surface area contributed by atoms with Crippen LogP contribution in [0.25, 0.3) is 0 Å². The number of anilines is 1. The molecule has 0 bridgehead atoms. The minimum atomic E-state index is -0.550. The van der Waals surface area contributed by atoms with Crippen LogP contribution >= 0.6 is 0 Å². The Labute approximate surface area is 116 Å². The molecule has 1 aliphatic carbocycles. The molecule has 0 unspecified atom stereocenters. The Morgan fingerprint density at radius 2 is 2.35 bits per heavy atom. The molecule has 7 nitrogen and oxygen atoms in total. The molecule has 106 valence electrons. The Morgan fingerprint density at radius 1 is 1.60 bits per heavy atom. The zero-order chi connectivity index (χ0) is 14.5. The normalized spacial score (nSPS) is 14.4. The zero-order valence-electron chi connectivity index (χ0n) is 11.0. The number of hydrogen-bond acceptors (Lipinski definition) is 6. The Balaban J connectivity index is 2.41. The Morgan fingerprint density at radius 3 is 2.85 bits per heavy atom. The second kappa shape index (κ2) is 6.30. The van der Waals surface area contributed by atoms with E-state index >= 15 is 0 Å². The summed E-state index contributed by atoms with van der Waals surface area (Å²) >= 11 is 0. The van der Waals surface area contributed by atoms with E-state index < -0.39 is 4.92 Å². The molecular weight excluding hydrogens is 260 g/mol. The molecule has 0 radical (unpaired) electrons. The van der Waals surface area contributed by atoms with Gasteiger partial charge in [0, 0.05) is 25.4 Å². The molecule has 0 atom stereocenters. The van der Waals surface area contributed by atoms with Gasteiger partial charge in [-0.3, -0.25) is 10.1 Å². The average Bonchev–Trinajstić information content (AvgIpc) is 2.40. The molecule has 0 amide bonds. The van der Waals surface area contributed by atoms with Crippen LogP contribution in [0, 0.1) is 21.4 Å². The van der Waals surface area contributed by atoms with Crippen LogP contribution in [-0.4, -0.2) is 34.2 Å². The van der Waals surface area contributed by atoms with E-state index in [2.05, 4.69) is 4.98 Å². The topological polar surface area (TPSA) is 103 Å². The Kier molecular flexibility index (Phi) is 4.48. The van der Waals surface area contributed by atoms with Crippen LogP contribution in [-0.2, 0) is 0 Å². The first-order valence-corrected chi connectivity index (χ1v) is 6.60. The number of nitro groups is 1. The van der Waals surface area contributed by atoms with Gasteiger partial charge in [0.1, 0.15) is 11.6 Å². The van der Waals surface area contributed by atoms with Crippen LogP contribution in [0.5, 0.6) is 0 Å². The molecule has 0 spiro atoms. The molecule has 1 N–H and O–H groups in total. The summed E-state index contributed by atoms with van der Waals surface area (Å²) in [4.78, 5) is 16.7. The van der Waals surface area contributed by atoms with Gasteiger partial charge < -0.3 is 10.0 Å². The van der Waals surface area contributed by atoms with Crippen molar-refractivity contribution in [2.45, 2.75) is 31.7 Å². The highest BCUT2D eigenvalue weighted by atomic mass is 16.6. The molecule has 1 heterocycles. The second-order valence-electron chi connectivity index (χ2n) is 4.75. The maximum atomic E-state index is 11.2. The van der Waals surface area contributed by atoms with Gasteiger partial charge in [-0.15, -0.1) is 0 Å². The van der Waals surface area contributed by atoms with Crippen molar-refractivity contribution in [2.75, 3.05) is 18.1 Å². The monoisotopic (exact) mass is 276 g/mol. The van der Waals surface area contributed by atoms with E-state index in [0.717, 1.165) is 19.3 Å². The highest BCUT2D eigenvalue weighted by molar-refractivity contribution is 5.66. The summed E-state index contributed by atoms with van der Waals surface area (Å²) in [5.41, 5.74) is -0.215. The number of rotatable bonds is 6. The lowest BCUT2D eigenvalue weighted by Crippen LogP contribution is -2.42. The fourth-order valence-corrected chi connectivity index (χ4v) is 2.32. The smallest absolute Gasteiger partial charge is 0.329 e. The lowest BCUT2D eigenvalue weighted by atomic mass is 9.91. The third kappa shape index (κ3) is 2.70. The van der Waals surface area contributed by atoms with E-state index in [9.17, 15) is 10.1 Å². The van der Waals surface area contributed by atoms with Crippen molar-refractivity contribution in [3.8, 4) is 6.07 Å². The third-order valence-corrected chi connectivity index (χ3v) is 3.55. The number of aliphatic hydroxyl groups excluding tert-OH is 1. The van der Waals surface area contributed by atoms with Gasteiger partial charge in [-0.2, -0.15) is 5.26 Å². The van der Waals surface area contributed by atoms with Crippen LogP contribution in [0.1, 0.15) is 31.2 Å². The number of hydrogen-bond donors (Lipinski definition) is 1. The van der Waals surface area contributed by atoms with E-state index in [1.165, 1.54) is 12.3 Å². The number of aromatic nitrogens is 1.